The van der Waals surface area contributed by atoms with E-state index in [1.165, 1.54) is 57.9 Å². The maximum absolute atomic E-state index is 13.9. The molecule has 0 saturated heterocycles. The molecule has 0 unspecified atom stereocenters. The Kier molecular flexibility index (Phi) is 6.19. The molecular formula is C28H21FN2O6. The largest absolute Gasteiger partial charge is 0.493 e. The van der Waals surface area contributed by atoms with E-state index in [0.717, 1.165) is 6.07 Å². The third-order valence-electron chi connectivity index (χ3n) is 5.88. The summed E-state index contributed by atoms with van der Waals surface area (Å²) in [6.45, 7) is 0. The average Bonchev–Trinajstić information content (AvgIpc) is 3.35. The zero-order valence-electron chi connectivity index (χ0n) is 20.1. The van der Waals surface area contributed by atoms with Crippen molar-refractivity contribution in [2.45, 2.75) is 0 Å². The third kappa shape index (κ3) is 4.31. The van der Waals surface area contributed by atoms with E-state index in [2.05, 4.69) is 9.97 Å². The summed E-state index contributed by atoms with van der Waals surface area (Å²) in [5, 5.41) is 0.0536. The van der Waals surface area contributed by atoms with E-state index in [0.29, 0.717) is 16.8 Å². The van der Waals surface area contributed by atoms with Gasteiger partial charge >= 0.3 is 0 Å². The van der Waals surface area contributed by atoms with Gasteiger partial charge in [0.1, 0.15) is 23.5 Å². The van der Waals surface area contributed by atoms with Crippen molar-refractivity contribution in [1.82, 2.24) is 9.97 Å². The topological polar surface area (TPSA) is 104 Å². The number of benzene rings is 3. The molecule has 0 saturated carbocycles. The predicted molar refractivity (Wildman–Crippen MR) is 137 cm³/mol. The van der Waals surface area contributed by atoms with Crippen molar-refractivity contribution in [1.29, 1.82) is 0 Å². The SMILES string of the molecule is COc1cc(C(=O)/C(=C/c2coc3ccc(F)cc3c2=O)c2nc3ccccc3[nH]2)cc(OC)c1OC. The quantitative estimate of drug-likeness (QED) is 0.240. The highest BCUT2D eigenvalue weighted by molar-refractivity contribution is 6.32. The summed E-state index contributed by atoms with van der Waals surface area (Å²) in [4.78, 5) is 34.8. The van der Waals surface area contributed by atoms with Crippen LogP contribution in [0.5, 0.6) is 17.2 Å². The number of methoxy groups -OCH3 is 3. The molecule has 0 atom stereocenters. The molecule has 0 fully saturated rings. The highest BCUT2D eigenvalue weighted by Crippen LogP contribution is 2.39. The number of para-hydroxylation sites is 2. The van der Waals surface area contributed by atoms with E-state index in [4.69, 9.17) is 18.6 Å². The Morgan fingerprint density at radius 1 is 1.00 bits per heavy atom. The minimum Gasteiger partial charge on any atom is -0.493 e. The molecule has 0 aliphatic carbocycles. The number of hydrogen-bond acceptors (Lipinski definition) is 7. The highest BCUT2D eigenvalue weighted by Gasteiger charge is 2.23. The van der Waals surface area contributed by atoms with Gasteiger partial charge in [0, 0.05) is 5.56 Å². The van der Waals surface area contributed by atoms with Gasteiger partial charge in [0.25, 0.3) is 0 Å². The van der Waals surface area contributed by atoms with Crippen LogP contribution in [-0.2, 0) is 0 Å². The van der Waals surface area contributed by atoms with E-state index in [9.17, 15) is 14.0 Å². The second-order valence-corrected chi connectivity index (χ2v) is 8.06. The van der Waals surface area contributed by atoms with Crippen molar-refractivity contribution < 1.29 is 27.8 Å². The number of Topliss-reactive ketones (excluding diaryl/α,β-unsaturated/α-hetero) is 1. The Labute approximate surface area is 209 Å². The van der Waals surface area contributed by atoms with E-state index < -0.39 is 17.0 Å². The summed E-state index contributed by atoms with van der Waals surface area (Å²) >= 11 is 0. The molecule has 0 aliphatic rings. The molecule has 0 amide bonds. The number of ketones is 1. The maximum Gasteiger partial charge on any atom is 0.203 e. The summed E-state index contributed by atoms with van der Waals surface area (Å²) in [6.07, 6.45) is 2.60. The molecule has 2 aromatic heterocycles. The number of nitrogens with zero attached hydrogens (tertiary/aromatic N) is 1. The molecule has 0 bridgehead atoms. The lowest BCUT2D eigenvalue weighted by Crippen LogP contribution is -2.09. The molecule has 9 heteroatoms. The number of aromatic amines is 1. The molecule has 0 radical (unpaired) electrons. The number of fused-ring (bicyclic) bond motifs is 2. The molecule has 0 spiro atoms. The first-order valence-electron chi connectivity index (χ1n) is 11.2. The summed E-state index contributed by atoms with van der Waals surface area (Å²) < 4.78 is 35.6. The molecule has 1 N–H and O–H groups in total. The number of rotatable bonds is 7. The normalized spacial score (nSPS) is 11.6. The van der Waals surface area contributed by atoms with Crippen LogP contribution in [0.15, 0.2) is 70.1 Å². The fraction of sp³-hybridized carbons (Fsp3) is 0.107. The van der Waals surface area contributed by atoms with Crippen molar-refractivity contribution in [3.63, 3.8) is 0 Å². The van der Waals surface area contributed by atoms with Gasteiger partial charge in [0.05, 0.1) is 48.9 Å². The maximum atomic E-state index is 13.9. The number of aromatic nitrogens is 2. The van der Waals surface area contributed by atoms with Gasteiger partial charge in [-0.3, -0.25) is 9.59 Å². The number of nitrogens with one attached hydrogen (secondary N) is 1. The molecule has 37 heavy (non-hydrogen) atoms. The second-order valence-electron chi connectivity index (χ2n) is 8.06. The number of carbonyl (C=O) groups excluding carboxylic acids is 1. The van der Waals surface area contributed by atoms with Crippen molar-refractivity contribution in [3.8, 4) is 17.2 Å². The van der Waals surface area contributed by atoms with Crippen LogP contribution in [0.1, 0.15) is 21.7 Å². The monoisotopic (exact) mass is 500 g/mol. The van der Waals surface area contributed by atoms with Crippen LogP contribution in [0.25, 0.3) is 33.7 Å². The van der Waals surface area contributed by atoms with Crippen molar-refractivity contribution in [2.24, 2.45) is 0 Å². The lowest BCUT2D eigenvalue weighted by Gasteiger charge is -2.14. The molecule has 2 heterocycles. The molecule has 3 aromatic carbocycles. The lowest BCUT2D eigenvalue weighted by molar-refractivity contribution is 0.105. The van der Waals surface area contributed by atoms with Gasteiger partial charge in [-0.2, -0.15) is 0 Å². The first kappa shape index (κ1) is 23.8. The number of H-pyrrole nitrogens is 1. The lowest BCUT2D eigenvalue weighted by atomic mass is 9.99. The molecule has 186 valence electrons. The van der Waals surface area contributed by atoms with Gasteiger partial charge in [-0.15, -0.1) is 0 Å². The Bertz CT molecular complexity index is 1690. The van der Waals surface area contributed by atoms with Gasteiger partial charge < -0.3 is 23.6 Å². The molecular weight excluding hydrogens is 479 g/mol. The summed E-state index contributed by atoms with van der Waals surface area (Å²) in [5.41, 5.74) is 1.40. The minimum absolute atomic E-state index is 0.0503. The molecule has 8 nitrogen and oxygen atoms in total. The first-order chi connectivity index (χ1) is 17.9. The number of imidazole rings is 1. The first-order valence-corrected chi connectivity index (χ1v) is 11.2. The standard InChI is InChI=1S/C28H21FN2O6/c1-34-23-11-15(12-24(35-2)27(23)36-3)25(32)19(28-30-20-6-4-5-7-21(20)31-28)10-16-14-37-22-9-8-17(29)13-18(22)26(16)33/h4-14H,1-3H3,(H,30,31)/b19-10-. The number of carbonyl (C=O) groups is 1. The highest BCUT2D eigenvalue weighted by atomic mass is 19.1. The van der Waals surface area contributed by atoms with Gasteiger partial charge in [-0.25, -0.2) is 9.37 Å². The van der Waals surface area contributed by atoms with Crippen molar-refractivity contribution in [3.05, 3.63) is 93.9 Å². The smallest absolute Gasteiger partial charge is 0.203 e. The van der Waals surface area contributed by atoms with Crippen LogP contribution in [0.3, 0.4) is 0 Å². The minimum atomic E-state index is -0.577. The zero-order chi connectivity index (χ0) is 26.1. The number of hydrogen-bond donors (Lipinski definition) is 1. The van der Waals surface area contributed by atoms with Crippen LogP contribution in [0.2, 0.25) is 0 Å². The van der Waals surface area contributed by atoms with E-state index in [-0.39, 0.29) is 45.0 Å². The predicted octanol–water partition coefficient (Wildman–Crippen LogP) is 5.26. The fourth-order valence-corrected chi connectivity index (χ4v) is 4.06. The van der Waals surface area contributed by atoms with E-state index >= 15 is 0 Å². The van der Waals surface area contributed by atoms with Crippen LogP contribution < -0.4 is 19.6 Å². The number of ether oxygens (including phenoxy) is 3. The van der Waals surface area contributed by atoms with Gasteiger partial charge in [0.15, 0.2) is 22.7 Å². The summed E-state index contributed by atoms with van der Waals surface area (Å²) in [5.74, 6) is 0.0837. The van der Waals surface area contributed by atoms with Crippen LogP contribution in [0, 0.1) is 5.82 Å². The average molecular weight is 500 g/mol. The third-order valence-corrected chi connectivity index (χ3v) is 5.88. The Hall–Kier alpha value is -4.92. The van der Waals surface area contributed by atoms with E-state index in [1.807, 2.05) is 18.2 Å². The van der Waals surface area contributed by atoms with Gasteiger partial charge in [-0.05, 0) is 48.5 Å². The second kappa shape index (κ2) is 9.62. The summed E-state index contributed by atoms with van der Waals surface area (Å²) in [7, 11) is 4.35. The fourth-order valence-electron chi connectivity index (χ4n) is 4.06. The zero-order valence-corrected chi connectivity index (χ0v) is 20.1. The van der Waals surface area contributed by atoms with Crippen LogP contribution >= 0.6 is 0 Å². The van der Waals surface area contributed by atoms with Crippen molar-refractivity contribution in [2.75, 3.05) is 21.3 Å². The van der Waals surface area contributed by atoms with Crippen LogP contribution in [-0.4, -0.2) is 37.1 Å². The molecule has 5 aromatic rings. The number of allylic oxidation sites excluding steroid dienone is 1. The van der Waals surface area contributed by atoms with E-state index in [1.54, 1.807) is 6.07 Å². The molecule has 0 aliphatic heterocycles. The van der Waals surface area contributed by atoms with Crippen LogP contribution in [0.4, 0.5) is 4.39 Å². The Morgan fingerprint density at radius 2 is 1.73 bits per heavy atom. The number of halogens is 1. The van der Waals surface area contributed by atoms with Crippen molar-refractivity contribution >= 4 is 39.4 Å². The Morgan fingerprint density at radius 3 is 2.41 bits per heavy atom. The van der Waals surface area contributed by atoms with Gasteiger partial charge in [-0.1, -0.05) is 12.1 Å². The van der Waals surface area contributed by atoms with Gasteiger partial charge in [0.2, 0.25) is 5.75 Å². The molecule has 5 rings (SSSR count). The summed E-state index contributed by atoms with van der Waals surface area (Å²) in [6, 6.07) is 14.0. The Balaban J connectivity index is 1.73.